The summed E-state index contributed by atoms with van der Waals surface area (Å²) in [4.78, 5) is 16.7. The van der Waals surface area contributed by atoms with Crippen molar-refractivity contribution in [1.29, 1.82) is 0 Å². The van der Waals surface area contributed by atoms with E-state index in [0.717, 1.165) is 30.8 Å². The van der Waals surface area contributed by atoms with E-state index in [2.05, 4.69) is 39.1 Å². The minimum atomic E-state index is 0.0843. The van der Waals surface area contributed by atoms with Crippen LogP contribution in [0.2, 0.25) is 0 Å². The molecule has 1 aromatic heterocycles. The van der Waals surface area contributed by atoms with Crippen molar-refractivity contribution in [2.24, 2.45) is 0 Å². The van der Waals surface area contributed by atoms with Crippen molar-refractivity contribution in [3.8, 4) is 11.1 Å². The number of nitrogens with one attached hydrogen (secondary N) is 1. The van der Waals surface area contributed by atoms with E-state index in [1.807, 2.05) is 42.7 Å². The fraction of sp³-hybridized carbons (Fsp3) is 0.238. The number of fused-ring (bicyclic) bond motifs is 1. The number of hydrogen-bond donors (Lipinski definition) is 1. The van der Waals surface area contributed by atoms with Gasteiger partial charge in [-0.3, -0.25) is 4.79 Å². The maximum atomic E-state index is 12.3. The molecule has 2 aromatic carbocycles. The zero-order chi connectivity index (χ0) is 17.1. The van der Waals surface area contributed by atoms with Crippen LogP contribution in [0.1, 0.15) is 17.8 Å². The molecule has 4 rings (SSSR count). The van der Waals surface area contributed by atoms with Crippen molar-refractivity contribution in [2.45, 2.75) is 31.8 Å². The lowest BCUT2D eigenvalue weighted by atomic mass is 10.0. The smallest absolute Gasteiger partial charge is 0.224 e. The maximum absolute atomic E-state index is 12.3. The first-order chi connectivity index (χ1) is 12.3. The molecule has 0 bridgehead atoms. The quantitative estimate of drug-likeness (QED) is 0.798. The first-order valence-corrected chi connectivity index (χ1v) is 8.72. The second kappa shape index (κ2) is 6.93. The monoisotopic (exact) mass is 331 g/mol. The summed E-state index contributed by atoms with van der Waals surface area (Å²) >= 11 is 0. The summed E-state index contributed by atoms with van der Waals surface area (Å²) in [6.07, 6.45) is 6.10. The van der Waals surface area contributed by atoms with Crippen LogP contribution < -0.4 is 5.32 Å². The fourth-order valence-corrected chi connectivity index (χ4v) is 3.39. The van der Waals surface area contributed by atoms with Crippen LogP contribution in [-0.4, -0.2) is 21.5 Å². The molecule has 25 heavy (non-hydrogen) atoms. The van der Waals surface area contributed by atoms with Crippen LogP contribution in [-0.2, 0) is 24.2 Å². The average Bonchev–Trinajstić information content (AvgIpc) is 3.11. The molecular weight excluding hydrogens is 310 g/mol. The number of hydrogen-bond acceptors (Lipinski definition) is 2. The van der Waals surface area contributed by atoms with Gasteiger partial charge < -0.3 is 9.88 Å². The van der Waals surface area contributed by atoms with Gasteiger partial charge >= 0.3 is 0 Å². The van der Waals surface area contributed by atoms with Gasteiger partial charge in [0.15, 0.2) is 0 Å². The lowest BCUT2D eigenvalue weighted by molar-refractivity contribution is -0.121. The molecule has 1 atom stereocenters. The number of benzene rings is 2. The van der Waals surface area contributed by atoms with Crippen LogP contribution in [0.5, 0.6) is 0 Å². The SMILES string of the molecule is O=C(Cc1ccc(-c2ccccc2)cc1)N[C@H]1CCc2nccn2C1. The van der Waals surface area contributed by atoms with Gasteiger partial charge in [0.2, 0.25) is 5.91 Å². The summed E-state index contributed by atoms with van der Waals surface area (Å²) < 4.78 is 2.13. The first-order valence-electron chi connectivity index (χ1n) is 8.72. The van der Waals surface area contributed by atoms with Crippen LogP contribution in [0.25, 0.3) is 11.1 Å². The molecule has 4 heteroatoms. The third kappa shape index (κ3) is 3.63. The molecule has 0 unspecified atom stereocenters. The standard InChI is InChI=1S/C21H21N3O/c25-21(23-19-10-11-20-22-12-13-24(20)15-19)14-16-6-8-18(9-7-16)17-4-2-1-3-5-17/h1-9,12-13,19H,10-11,14-15H2,(H,23,25)/t19-/m0/s1. The van der Waals surface area contributed by atoms with Crippen molar-refractivity contribution < 1.29 is 4.79 Å². The van der Waals surface area contributed by atoms with Crippen molar-refractivity contribution >= 4 is 5.91 Å². The number of rotatable bonds is 4. The number of aromatic nitrogens is 2. The molecule has 2 heterocycles. The van der Waals surface area contributed by atoms with Crippen molar-refractivity contribution in [3.63, 3.8) is 0 Å². The summed E-state index contributed by atoms with van der Waals surface area (Å²) in [7, 11) is 0. The zero-order valence-corrected chi connectivity index (χ0v) is 14.1. The Labute approximate surface area is 147 Å². The molecule has 0 saturated carbocycles. The molecule has 0 radical (unpaired) electrons. The highest BCUT2D eigenvalue weighted by molar-refractivity contribution is 5.79. The highest BCUT2D eigenvalue weighted by Crippen LogP contribution is 2.19. The summed E-state index contributed by atoms with van der Waals surface area (Å²) in [5.41, 5.74) is 3.40. The zero-order valence-electron chi connectivity index (χ0n) is 14.1. The molecule has 0 spiro atoms. The highest BCUT2D eigenvalue weighted by atomic mass is 16.1. The van der Waals surface area contributed by atoms with Crippen molar-refractivity contribution in [1.82, 2.24) is 14.9 Å². The molecule has 3 aromatic rings. The van der Waals surface area contributed by atoms with Gasteiger partial charge in [0.05, 0.1) is 6.42 Å². The van der Waals surface area contributed by atoms with Crippen LogP contribution in [0.15, 0.2) is 67.0 Å². The van der Waals surface area contributed by atoms with E-state index in [0.29, 0.717) is 6.42 Å². The predicted molar refractivity (Wildman–Crippen MR) is 98.1 cm³/mol. The molecule has 1 amide bonds. The Hall–Kier alpha value is -2.88. The summed E-state index contributed by atoms with van der Waals surface area (Å²) in [6, 6.07) is 18.7. The summed E-state index contributed by atoms with van der Waals surface area (Å²) in [5.74, 6) is 1.20. The van der Waals surface area contributed by atoms with E-state index in [-0.39, 0.29) is 11.9 Å². The fourth-order valence-electron chi connectivity index (χ4n) is 3.39. The highest BCUT2D eigenvalue weighted by Gasteiger charge is 2.20. The average molecular weight is 331 g/mol. The molecule has 1 aliphatic rings. The van der Waals surface area contributed by atoms with Gasteiger partial charge in [-0.2, -0.15) is 0 Å². The van der Waals surface area contributed by atoms with Gasteiger partial charge in [-0.05, 0) is 23.1 Å². The number of imidazole rings is 1. The molecule has 1 N–H and O–H groups in total. The predicted octanol–water partition coefficient (Wildman–Crippen LogP) is 3.22. The maximum Gasteiger partial charge on any atom is 0.224 e. The van der Waals surface area contributed by atoms with E-state index in [1.54, 1.807) is 0 Å². The van der Waals surface area contributed by atoms with E-state index < -0.39 is 0 Å². The van der Waals surface area contributed by atoms with E-state index >= 15 is 0 Å². The minimum absolute atomic E-state index is 0.0843. The Morgan fingerprint density at radius 2 is 1.84 bits per heavy atom. The topological polar surface area (TPSA) is 46.9 Å². The molecule has 1 aliphatic heterocycles. The Balaban J connectivity index is 1.35. The van der Waals surface area contributed by atoms with E-state index in [4.69, 9.17) is 0 Å². The number of aryl methyl sites for hydroxylation is 1. The van der Waals surface area contributed by atoms with E-state index in [9.17, 15) is 4.79 Å². The lowest BCUT2D eigenvalue weighted by Crippen LogP contribution is -2.41. The Morgan fingerprint density at radius 3 is 2.64 bits per heavy atom. The van der Waals surface area contributed by atoms with Crippen molar-refractivity contribution in [3.05, 3.63) is 78.4 Å². The normalized spacial score (nSPS) is 16.2. The van der Waals surface area contributed by atoms with Gasteiger partial charge in [0, 0.05) is 31.4 Å². The van der Waals surface area contributed by atoms with Crippen LogP contribution in [0, 0.1) is 0 Å². The summed E-state index contributed by atoms with van der Waals surface area (Å²) in [5, 5.41) is 3.16. The van der Waals surface area contributed by atoms with Gasteiger partial charge in [-0.15, -0.1) is 0 Å². The largest absolute Gasteiger partial charge is 0.351 e. The molecule has 0 aliphatic carbocycles. The molecular formula is C21H21N3O. The Bertz CT molecular complexity index is 852. The van der Waals surface area contributed by atoms with Gasteiger partial charge in [0.25, 0.3) is 0 Å². The van der Waals surface area contributed by atoms with Crippen LogP contribution in [0.3, 0.4) is 0 Å². The number of amides is 1. The minimum Gasteiger partial charge on any atom is -0.351 e. The molecule has 0 saturated heterocycles. The second-order valence-corrected chi connectivity index (χ2v) is 6.54. The van der Waals surface area contributed by atoms with Gasteiger partial charge in [-0.25, -0.2) is 4.98 Å². The lowest BCUT2D eigenvalue weighted by Gasteiger charge is -2.24. The number of carbonyl (C=O) groups excluding carboxylic acids is 1. The molecule has 126 valence electrons. The Morgan fingerprint density at radius 1 is 1.08 bits per heavy atom. The third-order valence-electron chi connectivity index (χ3n) is 4.73. The molecule has 4 nitrogen and oxygen atoms in total. The van der Waals surface area contributed by atoms with E-state index in [1.165, 1.54) is 11.1 Å². The number of nitrogens with zero attached hydrogens (tertiary/aromatic N) is 2. The van der Waals surface area contributed by atoms with Crippen LogP contribution >= 0.6 is 0 Å². The summed E-state index contributed by atoms with van der Waals surface area (Å²) in [6.45, 7) is 0.814. The number of carbonyl (C=O) groups is 1. The first kappa shape index (κ1) is 15.6. The second-order valence-electron chi connectivity index (χ2n) is 6.54. The Kier molecular flexibility index (Phi) is 4.34. The molecule has 0 fully saturated rings. The van der Waals surface area contributed by atoms with Crippen molar-refractivity contribution in [2.75, 3.05) is 0 Å². The van der Waals surface area contributed by atoms with Gasteiger partial charge in [0.1, 0.15) is 5.82 Å². The van der Waals surface area contributed by atoms with Gasteiger partial charge in [-0.1, -0.05) is 54.6 Å². The third-order valence-corrected chi connectivity index (χ3v) is 4.73. The van der Waals surface area contributed by atoms with Crippen LogP contribution in [0.4, 0.5) is 0 Å².